The lowest BCUT2D eigenvalue weighted by molar-refractivity contribution is 0.102. The van der Waals surface area contributed by atoms with Crippen molar-refractivity contribution in [3.8, 4) is 0 Å². The van der Waals surface area contributed by atoms with Crippen molar-refractivity contribution in [2.24, 2.45) is 0 Å². The van der Waals surface area contributed by atoms with E-state index in [-0.39, 0.29) is 5.56 Å². The molecule has 3 nitrogen and oxygen atoms in total. The number of benzene rings is 2. The van der Waals surface area contributed by atoms with Gasteiger partial charge in [-0.15, -0.1) is 0 Å². The smallest absolute Gasteiger partial charge is 0.258 e. The summed E-state index contributed by atoms with van der Waals surface area (Å²) in [5, 5.41) is 2.71. The van der Waals surface area contributed by atoms with Gasteiger partial charge in [0.1, 0.15) is 5.82 Å². The number of halogens is 2. The second-order valence-corrected chi connectivity index (χ2v) is 5.71. The van der Waals surface area contributed by atoms with Crippen LogP contribution in [-0.4, -0.2) is 19.0 Å². The summed E-state index contributed by atoms with van der Waals surface area (Å²) < 4.78 is 14.4. The van der Waals surface area contributed by atoms with Gasteiger partial charge in [0.05, 0.1) is 5.56 Å². The van der Waals surface area contributed by atoms with Crippen molar-refractivity contribution in [3.05, 3.63) is 58.3 Å². The maximum atomic E-state index is 13.7. The zero-order valence-electron chi connectivity index (χ0n) is 12.6. The van der Waals surface area contributed by atoms with Gasteiger partial charge in [-0.25, -0.2) is 4.39 Å². The molecule has 22 heavy (non-hydrogen) atoms. The summed E-state index contributed by atoms with van der Waals surface area (Å²) in [6, 6.07) is 11.8. The first-order chi connectivity index (χ1) is 10.5. The summed E-state index contributed by atoms with van der Waals surface area (Å²) in [6.45, 7) is 6.03. The van der Waals surface area contributed by atoms with Crippen molar-refractivity contribution in [3.63, 3.8) is 0 Å². The molecular weight excluding hydrogens is 347 g/mol. The minimum absolute atomic E-state index is 0.0159. The van der Waals surface area contributed by atoms with E-state index >= 15 is 0 Å². The summed E-state index contributed by atoms with van der Waals surface area (Å²) >= 11 is 3.24. The van der Waals surface area contributed by atoms with Gasteiger partial charge in [0.15, 0.2) is 0 Å². The fraction of sp³-hybridized carbons (Fsp3) is 0.235. The molecule has 0 aliphatic carbocycles. The zero-order valence-corrected chi connectivity index (χ0v) is 14.2. The molecule has 0 aliphatic rings. The summed E-state index contributed by atoms with van der Waals surface area (Å²) in [7, 11) is 0. The monoisotopic (exact) mass is 364 g/mol. The van der Waals surface area contributed by atoms with E-state index in [4.69, 9.17) is 0 Å². The van der Waals surface area contributed by atoms with E-state index in [1.165, 1.54) is 12.1 Å². The van der Waals surface area contributed by atoms with Crippen LogP contribution in [0.25, 0.3) is 0 Å². The predicted octanol–water partition coefficient (Wildman–Crippen LogP) is 4.69. The van der Waals surface area contributed by atoms with Crippen LogP contribution in [-0.2, 0) is 0 Å². The Morgan fingerprint density at radius 1 is 1.14 bits per heavy atom. The van der Waals surface area contributed by atoms with Gasteiger partial charge >= 0.3 is 0 Å². The highest BCUT2D eigenvalue weighted by Crippen LogP contribution is 2.20. The minimum atomic E-state index is -0.541. The molecule has 5 heteroatoms. The Morgan fingerprint density at radius 3 is 2.36 bits per heavy atom. The molecule has 116 valence electrons. The van der Waals surface area contributed by atoms with E-state index in [9.17, 15) is 9.18 Å². The highest BCUT2D eigenvalue weighted by molar-refractivity contribution is 9.10. The average molecular weight is 365 g/mol. The van der Waals surface area contributed by atoms with Crippen LogP contribution >= 0.6 is 15.9 Å². The molecule has 0 fully saturated rings. The van der Waals surface area contributed by atoms with E-state index in [0.717, 1.165) is 18.8 Å². The van der Waals surface area contributed by atoms with Gasteiger partial charge in [-0.05, 0) is 56.3 Å². The van der Waals surface area contributed by atoms with E-state index in [1.54, 1.807) is 6.07 Å². The lowest BCUT2D eigenvalue weighted by atomic mass is 10.2. The summed E-state index contributed by atoms with van der Waals surface area (Å²) in [5.74, 6) is -1.00. The van der Waals surface area contributed by atoms with Gasteiger partial charge < -0.3 is 10.2 Å². The molecule has 0 aliphatic heterocycles. The van der Waals surface area contributed by atoms with Crippen LogP contribution in [0.4, 0.5) is 15.8 Å². The van der Waals surface area contributed by atoms with E-state index in [2.05, 4.69) is 40.0 Å². The topological polar surface area (TPSA) is 32.3 Å². The van der Waals surface area contributed by atoms with Crippen LogP contribution in [0, 0.1) is 5.82 Å². The van der Waals surface area contributed by atoms with Crippen LogP contribution in [0.5, 0.6) is 0 Å². The Balaban J connectivity index is 2.13. The minimum Gasteiger partial charge on any atom is -0.372 e. The third kappa shape index (κ3) is 3.85. The summed E-state index contributed by atoms with van der Waals surface area (Å²) in [6.07, 6.45) is 0. The normalized spacial score (nSPS) is 10.4. The summed E-state index contributed by atoms with van der Waals surface area (Å²) in [5.41, 5.74) is 1.75. The highest BCUT2D eigenvalue weighted by atomic mass is 79.9. The van der Waals surface area contributed by atoms with Crippen LogP contribution in [0.3, 0.4) is 0 Å². The quantitative estimate of drug-likeness (QED) is 0.834. The lowest BCUT2D eigenvalue weighted by Gasteiger charge is -2.21. The first-order valence-corrected chi connectivity index (χ1v) is 7.95. The largest absolute Gasteiger partial charge is 0.372 e. The molecule has 0 bridgehead atoms. The molecule has 0 heterocycles. The van der Waals surface area contributed by atoms with Crippen molar-refractivity contribution in [1.29, 1.82) is 0 Å². The number of anilines is 2. The van der Waals surface area contributed by atoms with Gasteiger partial charge in [0, 0.05) is 28.9 Å². The van der Waals surface area contributed by atoms with E-state index in [0.29, 0.717) is 10.2 Å². The number of carbonyl (C=O) groups excluding carboxylic acids is 1. The number of hydrogen-bond acceptors (Lipinski definition) is 2. The fourth-order valence-corrected chi connectivity index (χ4v) is 2.58. The molecular formula is C17H18BrFN2O. The van der Waals surface area contributed by atoms with Crippen molar-refractivity contribution in [1.82, 2.24) is 0 Å². The Kier molecular flexibility index (Phi) is 5.55. The van der Waals surface area contributed by atoms with Crippen LogP contribution in [0.15, 0.2) is 46.9 Å². The van der Waals surface area contributed by atoms with Gasteiger partial charge in [0.2, 0.25) is 0 Å². The molecule has 1 N–H and O–H groups in total. The van der Waals surface area contributed by atoms with Gasteiger partial charge in [0.25, 0.3) is 5.91 Å². The highest BCUT2D eigenvalue weighted by Gasteiger charge is 2.12. The van der Waals surface area contributed by atoms with Crippen LogP contribution in [0.1, 0.15) is 24.2 Å². The molecule has 0 saturated heterocycles. The second-order valence-electron chi connectivity index (χ2n) is 4.80. The molecule has 1 amide bonds. The molecule has 0 unspecified atom stereocenters. The Labute approximate surface area is 138 Å². The van der Waals surface area contributed by atoms with Crippen molar-refractivity contribution in [2.75, 3.05) is 23.3 Å². The Hall–Kier alpha value is -1.88. The third-order valence-electron chi connectivity index (χ3n) is 3.43. The molecule has 2 aromatic carbocycles. The molecule has 0 atom stereocenters. The Bertz CT molecular complexity index is 654. The molecule has 0 radical (unpaired) electrons. The van der Waals surface area contributed by atoms with Gasteiger partial charge in [-0.2, -0.15) is 0 Å². The van der Waals surface area contributed by atoms with Crippen molar-refractivity contribution < 1.29 is 9.18 Å². The number of nitrogens with one attached hydrogen (secondary N) is 1. The predicted molar refractivity (Wildman–Crippen MR) is 92.1 cm³/mol. The maximum absolute atomic E-state index is 13.7. The fourth-order valence-electron chi connectivity index (χ4n) is 2.21. The molecule has 0 saturated carbocycles. The number of rotatable bonds is 5. The molecule has 2 rings (SSSR count). The molecule has 2 aromatic rings. The number of carbonyl (C=O) groups is 1. The second kappa shape index (κ2) is 7.40. The van der Waals surface area contributed by atoms with Crippen molar-refractivity contribution in [2.45, 2.75) is 13.8 Å². The lowest BCUT2D eigenvalue weighted by Crippen LogP contribution is -2.21. The Morgan fingerprint density at radius 2 is 1.77 bits per heavy atom. The first-order valence-electron chi connectivity index (χ1n) is 7.16. The summed E-state index contributed by atoms with van der Waals surface area (Å²) in [4.78, 5) is 14.3. The number of amides is 1. The van der Waals surface area contributed by atoms with Crippen LogP contribution in [0.2, 0.25) is 0 Å². The van der Waals surface area contributed by atoms with Gasteiger partial charge in [-0.3, -0.25) is 4.79 Å². The van der Waals surface area contributed by atoms with E-state index < -0.39 is 11.7 Å². The molecule has 0 aromatic heterocycles. The van der Waals surface area contributed by atoms with Crippen LogP contribution < -0.4 is 10.2 Å². The standard InChI is InChI=1S/C17H18BrFN2O/c1-3-21(4-2)14-8-6-13(7-9-14)20-17(22)15-11-12(18)5-10-16(15)19/h5-11H,3-4H2,1-2H3,(H,20,22). The SMILES string of the molecule is CCN(CC)c1ccc(NC(=O)c2cc(Br)ccc2F)cc1. The number of nitrogens with zero attached hydrogens (tertiary/aromatic N) is 1. The number of hydrogen-bond donors (Lipinski definition) is 1. The molecule has 0 spiro atoms. The van der Waals surface area contributed by atoms with E-state index in [1.807, 2.05) is 24.3 Å². The van der Waals surface area contributed by atoms with Crippen molar-refractivity contribution >= 4 is 33.2 Å². The average Bonchev–Trinajstić information content (AvgIpc) is 2.52. The maximum Gasteiger partial charge on any atom is 0.258 e. The zero-order chi connectivity index (χ0) is 16.1. The first kappa shape index (κ1) is 16.5. The van der Waals surface area contributed by atoms with Gasteiger partial charge in [-0.1, -0.05) is 15.9 Å². The third-order valence-corrected chi connectivity index (χ3v) is 3.92.